The molecule has 1 amide bonds. The molecule has 4 aliphatic rings. The first-order chi connectivity index (χ1) is 32.5. The van der Waals surface area contributed by atoms with Gasteiger partial charge in [-0.25, -0.2) is 14.4 Å². The molecule has 17 heteroatoms. The van der Waals surface area contributed by atoms with Crippen molar-refractivity contribution in [2.45, 2.75) is 220 Å². The molecule has 3 fully saturated rings. The van der Waals surface area contributed by atoms with Crippen LogP contribution in [0.5, 0.6) is 0 Å². The van der Waals surface area contributed by atoms with E-state index in [1.807, 2.05) is 34.6 Å². The Morgan fingerprint density at radius 1 is 0.886 bits per heavy atom. The van der Waals surface area contributed by atoms with Crippen molar-refractivity contribution in [1.82, 2.24) is 5.32 Å². The van der Waals surface area contributed by atoms with Gasteiger partial charge >= 0.3 is 24.0 Å². The van der Waals surface area contributed by atoms with Gasteiger partial charge in [-0.15, -0.1) is 0 Å². The van der Waals surface area contributed by atoms with Crippen LogP contribution in [0.25, 0.3) is 0 Å². The van der Waals surface area contributed by atoms with Crippen LogP contribution in [0.15, 0.2) is 41.5 Å². The number of fused-ring (bicyclic) bond motifs is 5. The normalized spacial score (nSPS) is 29.6. The van der Waals surface area contributed by atoms with Crippen molar-refractivity contribution >= 4 is 52.2 Å². The molecule has 3 aliphatic carbocycles. The lowest BCUT2D eigenvalue weighted by molar-refractivity contribution is -0.342. The van der Waals surface area contributed by atoms with Gasteiger partial charge in [0, 0.05) is 30.8 Å². The van der Waals surface area contributed by atoms with Crippen LogP contribution < -0.4 is 5.32 Å². The fourth-order valence-electron chi connectivity index (χ4n) is 12.0. The van der Waals surface area contributed by atoms with Gasteiger partial charge in [0.25, 0.3) is 0 Å². The van der Waals surface area contributed by atoms with Gasteiger partial charge in [-0.3, -0.25) is 14.4 Å². The van der Waals surface area contributed by atoms with Gasteiger partial charge in [0.1, 0.15) is 29.5 Å². The molecular weight excluding hydrogens is 931 g/mol. The average Bonchev–Trinajstić information content (AvgIpc) is 3.28. The van der Waals surface area contributed by atoms with E-state index in [1.54, 1.807) is 78.8 Å². The Kier molecular flexibility index (Phi) is 17.5. The maximum atomic E-state index is 15.9. The van der Waals surface area contributed by atoms with Crippen molar-refractivity contribution in [3.63, 3.8) is 0 Å². The molecule has 1 aliphatic heterocycles. The van der Waals surface area contributed by atoms with Gasteiger partial charge < -0.3 is 43.0 Å². The minimum Gasteiger partial charge on any atom is -0.456 e. The van der Waals surface area contributed by atoms with Crippen LogP contribution in [-0.2, 0) is 51.7 Å². The third kappa shape index (κ3) is 10.5. The summed E-state index contributed by atoms with van der Waals surface area (Å²) in [5.74, 6) is -5.63. The van der Waals surface area contributed by atoms with E-state index in [0.717, 1.165) is 0 Å². The molecule has 1 aromatic carbocycles. The molecule has 15 nitrogen and oxygen atoms in total. The highest BCUT2D eigenvalue weighted by Crippen LogP contribution is 2.64. The van der Waals surface area contributed by atoms with Crippen LogP contribution in [-0.4, -0.2) is 117 Å². The number of esters is 3. The van der Waals surface area contributed by atoms with Gasteiger partial charge in [0.15, 0.2) is 28.3 Å². The third-order valence-electron chi connectivity index (χ3n) is 16.6. The number of ether oxygens (including phenoxy) is 5. The van der Waals surface area contributed by atoms with Gasteiger partial charge in [0.2, 0.25) is 11.6 Å². The van der Waals surface area contributed by atoms with E-state index in [2.05, 4.69) is 26.1 Å². The summed E-state index contributed by atoms with van der Waals surface area (Å²) in [6.45, 7) is 28.8. The predicted octanol–water partition coefficient (Wildman–Crippen LogP) is 9.20. The van der Waals surface area contributed by atoms with E-state index in [-0.39, 0.29) is 35.7 Å². The number of Topliss-reactive ketones (excluding diaryl/α,β-unsaturated/α-hetero) is 2. The SMILES string of the molecule is CC[Si](CC)(CC)OC(C(=O)O[C@H]1C[C@@]2(O)[C@@H](OC(=O)c3ccccc3)[C@@H]3[C@]4(OC(C)=O)CO[C@@H]4C[C@H](O[Si](CC)(CC)CC)[C@@]3(C)C(=O)C(=O)C(=C1C)C2(C)C)[C@H](CC(C)C)NC(=O)OC(C)(C)C. The van der Waals surface area contributed by atoms with Crippen LogP contribution in [0, 0.1) is 22.7 Å². The molecule has 0 aromatic heterocycles. The number of alkyl carbamates (subject to hydrolysis) is 1. The van der Waals surface area contributed by atoms with Crippen LogP contribution in [0.2, 0.25) is 36.3 Å². The summed E-state index contributed by atoms with van der Waals surface area (Å²) < 4.78 is 45.7. The van der Waals surface area contributed by atoms with Gasteiger partial charge in [0.05, 0.1) is 35.6 Å². The van der Waals surface area contributed by atoms with E-state index >= 15 is 14.4 Å². The molecule has 5 rings (SSSR count). The van der Waals surface area contributed by atoms with Crippen LogP contribution >= 0.6 is 0 Å². The van der Waals surface area contributed by atoms with E-state index in [4.69, 9.17) is 32.5 Å². The van der Waals surface area contributed by atoms with E-state index in [0.29, 0.717) is 42.7 Å². The van der Waals surface area contributed by atoms with Crippen molar-refractivity contribution in [1.29, 1.82) is 0 Å². The summed E-state index contributed by atoms with van der Waals surface area (Å²) in [5, 5.41) is 17.0. The van der Waals surface area contributed by atoms with Crippen molar-refractivity contribution in [3.8, 4) is 0 Å². The first kappa shape index (κ1) is 57.2. The maximum Gasteiger partial charge on any atom is 0.407 e. The predicted molar refractivity (Wildman–Crippen MR) is 269 cm³/mol. The van der Waals surface area contributed by atoms with Crippen molar-refractivity contribution in [3.05, 3.63) is 47.0 Å². The molecule has 2 N–H and O–H groups in total. The fraction of sp³-hybridized carbons (Fsp3) is 0.736. The van der Waals surface area contributed by atoms with Crippen LogP contribution in [0.1, 0.15) is 140 Å². The summed E-state index contributed by atoms with van der Waals surface area (Å²) >= 11 is 0. The number of carbonyl (C=O) groups excluding carboxylic acids is 6. The van der Waals surface area contributed by atoms with Crippen molar-refractivity contribution in [2.75, 3.05) is 6.61 Å². The first-order valence-electron chi connectivity index (χ1n) is 25.7. The lowest BCUT2D eigenvalue weighted by atomic mass is 9.45. The summed E-state index contributed by atoms with van der Waals surface area (Å²) in [6, 6.07) is 11.4. The van der Waals surface area contributed by atoms with E-state index in [1.165, 1.54) is 6.92 Å². The molecule has 10 atom stereocenters. The largest absolute Gasteiger partial charge is 0.456 e. The highest BCUT2D eigenvalue weighted by molar-refractivity contribution is 6.74. The number of carbonyl (C=O) groups is 6. The zero-order chi connectivity index (χ0) is 52.6. The van der Waals surface area contributed by atoms with Crippen molar-refractivity contribution in [2.24, 2.45) is 22.7 Å². The molecule has 1 heterocycles. The number of amides is 1. The number of benzene rings is 1. The van der Waals surface area contributed by atoms with Crippen LogP contribution in [0.4, 0.5) is 4.79 Å². The Bertz CT molecular complexity index is 2130. The van der Waals surface area contributed by atoms with E-state index in [9.17, 15) is 19.5 Å². The highest BCUT2D eigenvalue weighted by atomic mass is 28.4. The Balaban J connectivity index is 1.80. The van der Waals surface area contributed by atoms with Gasteiger partial charge in [-0.2, -0.15) is 0 Å². The third-order valence-corrected chi connectivity index (χ3v) is 25.9. The quantitative estimate of drug-likeness (QED) is 0.0575. The number of hydrogen-bond acceptors (Lipinski definition) is 14. The Morgan fingerprint density at radius 2 is 1.46 bits per heavy atom. The van der Waals surface area contributed by atoms with Crippen LogP contribution in [0.3, 0.4) is 0 Å². The molecule has 1 aromatic rings. The highest BCUT2D eigenvalue weighted by Gasteiger charge is 2.78. The summed E-state index contributed by atoms with van der Waals surface area (Å²) in [6.07, 6.45) is -7.09. The maximum absolute atomic E-state index is 15.9. The second kappa shape index (κ2) is 21.4. The molecule has 1 saturated heterocycles. The molecule has 1 unspecified atom stereocenters. The number of nitrogens with one attached hydrogen (secondary N) is 1. The minimum absolute atomic E-state index is 0.0311. The standard InChI is InChI=1S/C53H83NO14Si2/c1-17-69(18-2,19-3)67-38-29-39-52(31-62-39,65-34(10)55)43-45(64-46(58)35-26-24-23-25-27-35)53(61)30-37(33(9)40(50(53,14)15)41(56)44(57)51(38,43)16)63-47(59)42(68-70(20-4,21-5)22-6)36(28-32(7)8)54-48(60)66-49(11,12)13/h23-27,32,36-39,42-43,45,61H,17-22,28-31H2,1-16H3,(H,54,60)/t36-,37-,38-,39+,42?,43-,45-,51+,52-,53+/m0/s1. The minimum atomic E-state index is -2.66. The number of hydrogen-bond donors (Lipinski definition) is 2. The molecule has 2 bridgehead atoms. The molecule has 0 spiro atoms. The Morgan fingerprint density at radius 3 is 1.94 bits per heavy atom. The monoisotopic (exact) mass is 1010 g/mol. The Labute approximate surface area is 418 Å². The molecule has 70 heavy (non-hydrogen) atoms. The smallest absolute Gasteiger partial charge is 0.407 e. The molecule has 2 saturated carbocycles. The molecular formula is C53H83NO14Si2. The lowest BCUT2D eigenvalue weighted by Gasteiger charge is -2.67. The number of ketones is 2. The second-order valence-corrected chi connectivity index (χ2v) is 31.9. The summed E-state index contributed by atoms with van der Waals surface area (Å²) in [4.78, 5) is 88.4. The zero-order valence-electron chi connectivity index (χ0n) is 44.8. The fourth-order valence-corrected chi connectivity index (χ4v) is 17.7. The van der Waals surface area contributed by atoms with E-state index < -0.39 is 129 Å². The average molecular weight is 1010 g/mol. The molecule has 0 radical (unpaired) electrons. The number of rotatable bonds is 19. The topological polar surface area (TPSA) is 199 Å². The first-order valence-corrected chi connectivity index (χ1v) is 30.8. The second-order valence-electron chi connectivity index (χ2n) is 22.4. The molecule has 392 valence electrons. The van der Waals surface area contributed by atoms with Gasteiger partial charge in [-0.05, 0) is 101 Å². The number of aliphatic hydroxyl groups is 1. The Hall–Kier alpha value is -3.75. The lowest BCUT2D eigenvalue weighted by Crippen LogP contribution is -2.82. The van der Waals surface area contributed by atoms with Gasteiger partial charge in [-0.1, -0.05) is 87.4 Å². The summed E-state index contributed by atoms with van der Waals surface area (Å²) in [5.41, 5.74) is -8.10. The summed E-state index contributed by atoms with van der Waals surface area (Å²) in [7, 11) is -5.26. The van der Waals surface area contributed by atoms with Crippen molar-refractivity contribution < 1.29 is 66.4 Å². The zero-order valence-corrected chi connectivity index (χ0v) is 46.8.